The molecular formula is C50H60FN9O5S. The van der Waals surface area contributed by atoms with Crippen LogP contribution in [0.25, 0.3) is 44.7 Å². The zero-order chi connectivity index (χ0) is 46.8. The minimum absolute atomic E-state index is 0.0278. The molecule has 2 fully saturated rings. The van der Waals surface area contributed by atoms with Crippen LogP contribution in [0.2, 0.25) is 0 Å². The third-order valence-corrected chi connectivity index (χ3v) is 13.6. The van der Waals surface area contributed by atoms with Gasteiger partial charge in [0, 0.05) is 48.6 Å². The number of benzene rings is 2. The largest absolute Gasteiger partial charge is 0.464 e. The number of hydrogen-bond donors (Lipinski definition) is 3. The van der Waals surface area contributed by atoms with E-state index in [1.165, 1.54) is 6.07 Å². The maximum absolute atomic E-state index is 16.9. The number of H-pyrrole nitrogens is 2. The summed E-state index contributed by atoms with van der Waals surface area (Å²) in [6.45, 7) is 18.9. The van der Waals surface area contributed by atoms with Crippen molar-refractivity contribution >= 4 is 40.1 Å². The van der Waals surface area contributed by atoms with E-state index in [-0.39, 0.29) is 41.3 Å². The number of amides is 3. The molecule has 3 aliphatic heterocycles. The van der Waals surface area contributed by atoms with Crippen molar-refractivity contribution in [1.29, 1.82) is 0 Å². The third kappa shape index (κ3) is 8.83. The lowest BCUT2D eigenvalue weighted by molar-refractivity contribution is -0.138. The van der Waals surface area contributed by atoms with E-state index >= 15 is 4.39 Å². The molecule has 16 heteroatoms. The van der Waals surface area contributed by atoms with Crippen LogP contribution in [0.3, 0.4) is 0 Å². The van der Waals surface area contributed by atoms with Crippen molar-refractivity contribution in [2.45, 2.75) is 131 Å². The smallest absolute Gasteiger partial charge is 0.410 e. The number of halogens is 1. The highest BCUT2D eigenvalue weighted by molar-refractivity contribution is 7.11. The lowest BCUT2D eigenvalue weighted by atomic mass is 9.93. The highest BCUT2D eigenvalue weighted by Crippen LogP contribution is 2.48. The molecule has 7 heterocycles. The average Bonchev–Trinajstić information content (AvgIpc) is 4.10. The summed E-state index contributed by atoms with van der Waals surface area (Å²) in [5, 5.41) is 4.80. The molecule has 2 saturated heterocycles. The highest BCUT2D eigenvalue weighted by atomic mass is 32.1. The summed E-state index contributed by atoms with van der Waals surface area (Å²) in [4.78, 5) is 65.0. The molecule has 0 aliphatic carbocycles. The molecule has 3 N–H and O–H groups in total. The Morgan fingerprint density at radius 3 is 2.21 bits per heavy atom. The van der Waals surface area contributed by atoms with Gasteiger partial charge in [-0.15, -0.1) is 11.3 Å². The molecule has 0 saturated carbocycles. The van der Waals surface area contributed by atoms with Gasteiger partial charge >= 0.3 is 6.09 Å². The average molecular weight is 918 g/mol. The van der Waals surface area contributed by atoms with E-state index in [0.29, 0.717) is 65.8 Å². The zero-order valence-corrected chi connectivity index (χ0v) is 40.1. The minimum Gasteiger partial charge on any atom is -0.464 e. The van der Waals surface area contributed by atoms with E-state index < -0.39 is 23.7 Å². The molecule has 0 bridgehead atoms. The van der Waals surface area contributed by atoms with Crippen LogP contribution in [0, 0.1) is 17.2 Å². The molecule has 3 amide bonds. The molecule has 66 heavy (non-hydrogen) atoms. The first kappa shape index (κ1) is 45.1. The summed E-state index contributed by atoms with van der Waals surface area (Å²) >= 11 is 1.60. The van der Waals surface area contributed by atoms with Gasteiger partial charge in [-0.2, -0.15) is 0 Å². The summed E-state index contributed by atoms with van der Waals surface area (Å²) in [6.07, 6.45) is 8.60. The van der Waals surface area contributed by atoms with Gasteiger partial charge in [0.25, 0.3) is 0 Å². The van der Waals surface area contributed by atoms with Crippen molar-refractivity contribution in [3.63, 3.8) is 0 Å². The van der Waals surface area contributed by atoms with Gasteiger partial charge < -0.3 is 29.7 Å². The van der Waals surface area contributed by atoms with E-state index in [1.807, 2.05) is 65.1 Å². The number of aromatic amines is 2. The lowest BCUT2D eigenvalue weighted by Crippen LogP contribution is -2.51. The summed E-state index contributed by atoms with van der Waals surface area (Å²) in [5.74, 6) is 0.862. The number of ether oxygens (including phenoxy) is 2. The Balaban J connectivity index is 1.05. The number of thiazole rings is 1. The Bertz CT molecular complexity index is 2810. The Hall–Kier alpha value is -6.03. The molecule has 4 atom stereocenters. The van der Waals surface area contributed by atoms with Gasteiger partial charge in [0.05, 0.1) is 62.5 Å². The predicted molar refractivity (Wildman–Crippen MR) is 252 cm³/mol. The number of nitrogens with zero attached hydrogens (tertiary/aromatic N) is 6. The van der Waals surface area contributed by atoms with E-state index in [2.05, 4.69) is 46.7 Å². The monoisotopic (exact) mass is 917 g/mol. The topological polar surface area (TPSA) is 163 Å². The van der Waals surface area contributed by atoms with Gasteiger partial charge in [-0.3, -0.25) is 19.1 Å². The van der Waals surface area contributed by atoms with E-state index in [4.69, 9.17) is 24.4 Å². The summed E-state index contributed by atoms with van der Waals surface area (Å²) in [6, 6.07) is 10.3. The van der Waals surface area contributed by atoms with Crippen LogP contribution < -0.4 is 10.1 Å². The molecule has 14 nitrogen and oxygen atoms in total. The van der Waals surface area contributed by atoms with E-state index in [9.17, 15) is 14.4 Å². The first-order chi connectivity index (χ1) is 31.4. The fraction of sp³-hybridized carbons (Fsp3) is 0.480. The molecular weight excluding hydrogens is 858 g/mol. The van der Waals surface area contributed by atoms with Crippen molar-refractivity contribution in [1.82, 2.24) is 44.6 Å². The second kappa shape index (κ2) is 17.3. The molecule has 348 valence electrons. The number of carbonyl (C=O) groups is 3. The van der Waals surface area contributed by atoms with Gasteiger partial charge in [0.15, 0.2) is 0 Å². The van der Waals surface area contributed by atoms with Gasteiger partial charge in [0.1, 0.15) is 34.9 Å². The van der Waals surface area contributed by atoms with Crippen LogP contribution in [-0.2, 0) is 20.7 Å². The molecule has 6 aromatic rings. The first-order valence-electron chi connectivity index (χ1n) is 23.2. The minimum atomic E-state index is -0.642. The molecule has 0 spiro atoms. The fourth-order valence-electron chi connectivity index (χ4n) is 9.44. The van der Waals surface area contributed by atoms with Crippen LogP contribution in [0.15, 0.2) is 55.0 Å². The molecule has 3 aliphatic rings. The first-order valence-corrected chi connectivity index (χ1v) is 24.0. The van der Waals surface area contributed by atoms with Crippen molar-refractivity contribution < 1.29 is 28.2 Å². The zero-order valence-electron chi connectivity index (χ0n) is 39.3. The standard InChI is InChI=1S/C50H60FN9O5S/c1-10-40(61)57-43(27(2)3)46(62)58-17-11-13-35(58)44-54-25-33(56-44)29-20-31(51)42-37-21-30-19-28(32-24-53-45(55-32)36-14-12-18-59(36)48(63)65-50(7,8)9)15-16-34(30)60(37)47(64-38(42)22-29)39-26-52-41(66-39)23-49(4,5)6/h15-16,19-22,24-27,35-36,43,47H,10-14,17-18,23H2,1-9H3,(H,53,55)(H,54,56)(H,57,61). The van der Waals surface area contributed by atoms with Crippen LogP contribution in [0.4, 0.5) is 9.18 Å². The number of fused-ring (bicyclic) bond motifs is 5. The molecule has 2 aromatic carbocycles. The number of rotatable bonds is 10. The van der Waals surface area contributed by atoms with Gasteiger partial charge in [0.2, 0.25) is 18.0 Å². The number of carbonyl (C=O) groups excluding carboxylic acids is 3. The fourth-order valence-corrected chi connectivity index (χ4v) is 10.7. The third-order valence-electron chi connectivity index (χ3n) is 12.5. The molecule has 0 radical (unpaired) electrons. The van der Waals surface area contributed by atoms with E-state index in [1.54, 1.807) is 40.5 Å². The number of hydrogen-bond acceptors (Lipinski definition) is 9. The number of likely N-dealkylation sites (tertiary alicyclic amines) is 2. The summed E-state index contributed by atoms with van der Waals surface area (Å²) < 4.78 is 31.6. The van der Waals surface area contributed by atoms with Gasteiger partial charge in [-0.1, -0.05) is 47.6 Å². The SMILES string of the molecule is CCC(=O)NC(C(=O)N1CCCC1c1ncc(-c2cc(F)c3c(c2)OC(c2cnc(CC(C)(C)C)s2)n2c-3cc3cc(-c4cnc(C5CCCN5C(=O)OC(C)(C)C)[nH]4)ccc32)[nH]1)C(C)C. The van der Waals surface area contributed by atoms with Crippen molar-refractivity contribution in [3.8, 4) is 39.5 Å². The highest BCUT2D eigenvalue weighted by Gasteiger charge is 2.39. The van der Waals surface area contributed by atoms with Crippen LogP contribution in [0.5, 0.6) is 5.75 Å². The second-order valence-electron chi connectivity index (χ2n) is 20.4. The van der Waals surface area contributed by atoms with Crippen molar-refractivity contribution in [3.05, 3.63) is 82.3 Å². The van der Waals surface area contributed by atoms with E-state index in [0.717, 1.165) is 57.7 Å². The Morgan fingerprint density at radius 2 is 1.56 bits per heavy atom. The van der Waals surface area contributed by atoms with Gasteiger partial charge in [-0.05, 0) is 88.1 Å². The van der Waals surface area contributed by atoms with Crippen molar-refractivity contribution in [2.24, 2.45) is 11.3 Å². The molecule has 9 rings (SSSR count). The van der Waals surface area contributed by atoms with Crippen LogP contribution in [0.1, 0.15) is 134 Å². The van der Waals surface area contributed by atoms with Crippen molar-refractivity contribution in [2.75, 3.05) is 13.1 Å². The Kier molecular flexibility index (Phi) is 11.8. The Labute approximate surface area is 388 Å². The molecule has 4 aromatic heterocycles. The van der Waals surface area contributed by atoms with Gasteiger partial charge in [-0.25, -0.2) is 24.1 Å². The van der Waals surface area contributed by atoms with Crippen LogP contribution >= 0.6 is 11.3 Å². The summed E-state index contributed by atoms with van der Waals surface area (Å²) in [5.41, 5.74) is 4.17. The lowest BCUT2D eigenvalue weighted by Gasteiger charge is -2.30. The Morgan fingerprint density at radius 1 is 0.894 bits per heavy atom. The molecule has 4 unspecified atom stereocenters. The normalized spacial score (nSPS) is 19.0. The number of imidazole rings is 2. The second-order valence-corrected chi connectivity index (χ2v) is 21.5. The predicted octanol–water partition coefficient (Wildman–Crippen LogP) is 10.5. The number of nitrogens with one attached hydrogen (secondary N) is 3. The maximum Gasteiger partial charge on any atom is 0.410 e. The van der Waals surface area contributed by atoms with Crippen LogP contribution in [-0.4, -0.2) is 81.9 Å². The summed E-state index contributed by atoms with van der Waals surface area (Å²) in [7, 11) is 0. The maximum atomic E-state index is 16.9. The number of aromatic nitrogens is 6. The quantitative estimate of drug-likeness (QED) is 0.122.